The predicted octanol–water partition coefficient (Wildman–Crippen LogP) is 4.55. The van der Waals surface area contributed by atoms with Gasteiger partial charge in [-0.05, 0) is 24.3 Å². The van der Waals surface area contributed by atoms with Crippen LogP contribution in [0.4, 0.5) is 22.0 Å². The van der Waals surface area contributed by atoms with E-state index in [9.17, 15) is 22.0 Å². The monoisotopic (exact) mass is 412 g/mol. The van der Waals surface area contributed by atoms with E-state index in [4.69, 9.17) is 13.0 Å². The van der Waals surface area contributed by atoms with Gasteiger partial charge >= 0.3 is 5.51 Å². The fourth-order valence-electron chi connectivity index (χ4n) is 1.57. The number of alkyl halides is 5. The van der Waals surface area contributed by atoms with Crippen molar-refractivity contribution in [3.8, 4) is 0 Å². The Morgan fingerprint density at radius 3 is 1.50 bits per heavy atom. The minimum absolute atomic E-state index is 0.432. The van der Waals surface area contributed by atoms with E-state index in [1.807, 2.05) is 60.7 Å². The largest absolute Gasteiger partial charge is 0.741 e. The molecule has 0 aliphatic rings. The molecule has 0 aliphatic carbocycles. The standard InChI is InChI=1S/C15H13F2S.CHF3O3S/c16-15(17)11-12-18(13-7-3-1-4-8-13)14-9-5-2-6-10-14;2-1(3,4)8(5,6)7/h1-12,15H;(H,5,6,7)/q+1;/p-1/b12-11+;. The molecule has 0 fully saturated rings. The van der Waals surface area contributed by atoms with Crippen LogP contribution < -0.4 is 0 Å². The van der Waals surface area contributed by atoms with Gasteiger partial charge in [-0.1, -0.05) is 36.4 Å². The third-order valence-corrected chi connectivity index (χ3v) is 5.19. The summed E-state index contributed by atoms with van der Waals surface area (Å²) in [6.45, 7) is 0. The van der Waals surface area contributed by atoms with Gasteiger partial charge in [-0.3, -0.25) is 0 Å². The summed E-state index contributed by atoms with van der Waals surface area (Å²) in [6, 6.07) is 19.4. The Hall–Kier alpha value is -1.91. The Bertz CT molecular complexity index is 752. The minimum Gasteiger partial charge on any atom is -0.741 e. The van der Waals surface area contributed by atoms with Gasteiger partial charge in [0, 0.05) is 6.08 Å². The lowest BCUT2D eigenvalue weighted by Gasteiger charge is -2.08. The lowest BCUT2D eigenvalue weighted by molar-refractivity contribution is -0.0517. The molecular formula is C16H13F5O3S2. The smallest absolute Gasteiger partial charge is 0.485 e. The summed E-state index contributed by atoms with van der Waals surface area (Å²) in [5.41, 5.74) is -5.65. The normalized spacial score (nSPS) is 12.3. The molecule has 0 amide bonds. The molecule has 0 heterocycles. The molecule has 0 N–H and O–H groups in total. The van der Waals surface area contributed by atoms with Gasteiger partial charge < -0.3 is 4.55 Å². The van der Waals surface area contributed by atoms with E-state index >= 15 is 0 Å². The van der Waals surface area contributed by atoms with Crippen molar-refractivity contribution in [1.82, 2.24) is 0 Å². The zero-order valence-electron chi connectivity index (χ0n) is 12.9. The van der Waals surface area contributed by atoms with E-state index < -0.39 is 32.9 Å². The van der Waals surface area contributed by atoms with Crippen molar-refractivity contribution in [2.24, 2.45) is 0 Å². The molecule has 0 saturated carbocycles. The Balaban J connectivity index is 0.000000359. The van der Waals surface area contributed by atoms with E-state index in [0.29, 0.717) is 0 Å². The Kier molecular flexibility index (Phi) is 8.25. The molecular weight excluding hydrogens is 399 g/mol. The lowest BCUT2D eigenvalue weighted by atomic mass is 10.4. The molecule has 2 aromatic carbocycles. The van der Waals surface area contributed by atoms with Crippen LogP contribution >= 0.6 is 0 Å². The Labute approximate surface area is 150 Å². The van der Waals surface area contributed by atoms with Crippen LogP contribution in [0.1, 0.15) is 0 Å². The summed E-state index contributed by atoms with van der Waals surface area (Å²) in [5.74, 6) is 0. The molecule has 142 valence electrons. The third kappa shape index (κ3) is 7.54. The van der Waals surface area contributed by atoms with Crippen LogP contribution in [-0.2, 0) is 21.0 Å². The number of allylic oxidation sites excluding steroid dienone is 1. The first-order valence-electron chi connectivity index (χ1n) is 6.84. The van der Waals surface area contributed by atoms with Crippen LogP contribution in [0, 0.1) is 0 Å². The van der Waals surface area contributed by atoms with Gasteiger partial charge in [0.25, 0.3) is 6.43 Å². The highest BCUT2D eigenvalue weighted by atomic mass is 32.2. The van der Waals surface area contributed by atoms with Gasteiger partial charge in [0.1, 0.15) is 5.41 Å². The van der Waals surface area contributed by atoms with Gasteiger partial charge in [-0.25, -0.2) is 17.2 Å². The van der Waals surface area contributed by atoms with Crippen molar-refractivity contribution in [3.63, 3.8) is 0 Å². The number of hydrogen-bond acceptors (Lipinski definition) is 3. The fraction of sp³-hybridized carbons (Fsp3) is 0.125. The Morgan fingerprint density at radius 1 is 0.885 bits per heavy atom. The summed E-state index contributed by atoms with van der Waals surface area (Å²) in [5, 5.41) is 1.59. The van der Waals surface area contributed by atoms with Crippen molar-refractivity contribution < 1.29 is 34.9 Å². The molecule has 10 heteroatoms. The molecule has 0 saturated heterocycles. The highest BCUT2D eigenvalue weighted by Gasteiger charge is 2.36. The summed E-state index contributed by atoms with van der Waals surface area (Å²) in [6.07, 6.45) is -1.45. The summed E-state index contributed by atoms with van der Waals surface area (Å²) in [7, 11) is -6.52. The van der Waals surface area contributed by atoms with Crippen LogP contribution in [0.15, 0.2) is 81.9 Å². The van der Waals surface area contributed by atoms with E-state index in [2.05, 4.69) is 0 Å². The quantitative estimate of drug-likeness (QED) is 0.320. The van der Waals surface area contributed by atoms with E-state index in [1.165, 1.54) is 0 Å². The second-order valence-electron chi connectivity index (χ2n) is 4.53. The topological polar surface area (TPSA) is 57.2 Å². The maximum absolute atomic E-state index is 12.3. The molecule has 2 rings (SSSR count). The van der Waals surface area contributed by atoms with Crippen molar-refractivity contribution in [2.75, 3.05) is 0 Å². The lowest BCUT2D eigenvalue weighted by Crippen LogP contribution is -2.21. The van der Waals surface area contributed by atoms with Crippen LogP contribution in [0.5, 0.6) is 0 Å². The van der Waals surface area contributed by atoms with Crippen LogP contribution in [0.25, 0.3) is 0 Å². The summed E-state index contributed by atoms with van der Waals surface area (Å²) >= 11 is 0. The first-order chi connectivity index (χ1) is 12.0. The highest BCUT2D eigenvalue weighted by molar-refractivity contribution is 7.99. The van der Waals surface area contributed by atoms with E-state index in [0.717, 1.165) is 15.9 Å². The molecule has 0 unspecified atom stereocenters. The predicted molar refractivity (Wildman–Crippen MR) is 87.7 cm³/mol. The van der Waals surface area contributed by atoms with Gasteiger partial charge in [0.05, 0.1) is 10.9 Å². The first kappa shape index (κ1) is 22.1. The van der Waals surface area contributed by atoms with Crippen LogP contribution in [0.2, 0.25) is 0 Å². The molecule has 0 bridgehead atoms. The highest BCUT2D eigenvalue weighted by Crippen LogP contribution is 2.24. The number of hydrogen-bond donors (Lipinski definition) is 0. The van der Waals surface area contributed by atoms with Gasteiger partial charge in [0.2, 0.25) is 0 Å². The minimum atomic E-state index is -6.09. The summed E-state index contributed by atoms with van der Waals surface area (Å²) in [4.78, 5) is 2.08. The average Bonchev–Trinajstić information content (AvgIpc) is 2.55. The molecule has 2 aromatic rings. The van der Waals surface area contributed by atoms with Crippen molar-refractivity contribution in [3.05, 3.63) is 72.1 Å². The molecule has 0 aliphatic heterocycles. The second-order valence-corrected chi connectivity index (χ2v) is 7.79. The van der Waals surface area contributed by atoms with Crippen molar-refractivity contribution in [1.29, 1.82) is 0 Å². The zero-order valence-corrected chi connectivity index (χ0v) is 14.6. The second kappa shape index (κ2) is 9.70. The first-order valence-corrected chi connectivity index (χ1v) is 9.54. The van der Waals surface area contributed by atoms with Crippen molar-refractivity contribution in [2.45, 2.75) is 21.7 Å². The molecule has 0 spiro atoms. The number of rotatable bonds is 4. The Morgan fingerprint density at radius 2 is 1.23 bits per heavy atom. The maximum atomic E-state index is 12.3. The average molecular weight is 412 g/mol. The molecule has 26 heavy (non-hydrogen) atoms. The fourth-order valence-corrected chi connectivity index (χ4v) is 3.33. The van der Waals surface area contributed by atoms with Crippen molar-refractivity contribution >= 4 is 21.0 Å². The SMILES string of the molecule is FC(F)/C=C/[S+](c1ccccc1)c1ccccc1.O=S(=O)([O-])C(F)(F)F. The van der Waals surface area contributed by atoms with E-state index in [1.54, 1.807) is 5.41 Å². The van der Waals surface area contributed by atoms with Gasteiger partial charge in [-0.15, -0.1) is 0 Å². The van der Waals surface area contributed by atoms with Crippen LogP contribution in [-0.4, -0.2) is 24.9 Å². The summed E-state index contributed by atoms with van der Waals surface area (Å²) < 4.78 is 83.6. The maximum Gasteiger partial charge on any atom is 0.485 e. The third-order valence-electron chi connectivity index (χ3n) is 2.64. The molecule has 0 aromatic heterocycles. The van der Waals surface area contributed by atoms with E-state index in [-0.39, 0.29) is 0 Å². The van der Waals surface area contributed by atoms with Gasteiger partial charge in [-0.2, -0.15) is 13.2 Å². The molecule has 3 nitrogen and oxygen atoms in total. The zero-order chi connectivity index (χ0) is 19.8. The number of benzene rings is 2. The van der Waals surface area contributed by atoms with Crippen LogP contribution in [0.3, 0.4) is 0 Å². The molecule has 0 atom stereocenters. The van der Waals surface area contributed by atoms with Gasteiger partial charge in [0.15, 0.2) is 19.9 Å². The number of halogens is 5. The molecule has 0 radical (unpaired) electrons.